The van der Waals surface area contributed by atoms with E-state index in [-0.39, 0.29) is 11.7 Å². The van der Waals surface area contributed by atoms with Crippen LogP contribution in [-0.2, 0) is 0 Å². The fraction of sp³-hybridized carbons (Fsp3) is 0.208. The largest absolute Gasteiger partial charge is 0.573 e. The van der Waals surface area contributed by atoms with Crippen LogP contribution in [0.1, 0.15) is 10.4 Å². The van der Waals surface area contributed by atoms with E-state index in [0.29, 0.717) is 40.6 Å². The molecule has 35 heavy (non-hydrogen) atoms. The molecule has 0 radical (unpaired) electrons. The SMILES string of the molecule is CN(C)CCNC(=O)c1ccc(Nc2nc3cccc(-c4ccc(OC(F)(F)F)cc4)n3n2)cc1. The highest BCUT2D eigenvalue weighted by Gasteiger charge is 2.31. The van der Waals surface area contributed by atoms with Gasteiger partial charge in [0.25, 0.3) is 5.91 Å². The van der Waals surface area contributed by atoms with Crippen molar-refractivity contribution in [2.24, 2.45) is 0 Å². The number of carbonyl (C=O) groups is 1. The van der Waals surface area contributed by atoms with Gasteiger partial charge in [-0.05, 0) is 74.8 Å². The zero-order valence-electron chi connectivity index (χ0n) is 19.0. The van der Waals surface area contributed by atoms with Crippen molar-refractivity contribution in [3.8, 4) is 17.0 Å². The van der Waals surface area contributed by atoms with Crippen LogP contribution in [0, 0.1) is 0 Å². The first-order valence-corrected chi connectivity index (χ1v) is 10.7. The molecule has 0 aliphatic heterocycles. The normalized spacial score (nSPS) is 11.6. The van der Waals surface area contributed by atoms with Crippen LogP contribution >= 0.6 is 0 Å². The maximum atomic E-state index is 12.4. The Labute approximate surface area is 199 Å². The van der Waals surface area contributed by atoms with E-state index in [0.717, 1.165) is 6.54 Å². The van der Waals surface area contributed by atoms with Gasteiger partial charge in [0.15, 0.2) is 5.65 Å². The number of alkyl halides is 3. The minimum atomic E-state index is -4.75. The third kappa shape index (κ3) is 6.27. The maximum Gasteiger partial charge on any atom is 0.573 e. The number of amides is 1. The number of ether oxygens (including phenoxy) is 1. The zero-order valence-corrected chi connectivity index (χ0v) is 19.0. The van der Waals surface area contributed by atoms with Gasteiger partial charge in [0.05, 0.1) is 5.69 Å². The molecule has 0 bridgehead atoms. The lowest BCUT2D eigenvalue weighted by Gasteiger charge is -2.10. The predicted octanol–water partition coefficient (Wildman–Crippen LogP) is 4.33. The van der Waals surface area contributed by atoms with Gasteiger partial charge >= 0.3 is 6.36 Å². The molecule has 2 aromatic heterocycles. The number of pyridine rings is 1. The van der Waals surface area contributed by atoms with Crippen LogP contribution in [0.3, 0.4) is 0 Å². The topological polar surface area (TPSA) is 83.8 Å². The zero-order chi connectivity index (χ0) is 25.0. The number of rotatable bonds is 8. The molecule has 182 valence electrons. The third-order valence-corrected chi connectivity index (χ3v) is 4.99. The van der Waals surface area contributed by atoms with E-state index >= 15 is 0 Å². The van der Waals surface area contributed by atoms with Gasteiger partial charge in [0.2, 0.25) is 5.95 Å². The van der Waals surface area contributed by atoms with Crippen molar-refractivity contribution in [3.05, 3.63) is 72.3 Å². The molecule has 0 fully saturated rings. The molecule has 0 saturated heterocycles. The first-order valence-electron chi connectivity index (χ1n) is 10.7. The number of aromatic nitrogens is 3. The second-order valence-corrected chi connectivity index (χ2v) is 7.95. The quantitative estimate of drug-likeness (QED) is 0.387. The van der Waals surface area contributed by atoms with E-state index in [1.54, 1.807) is 47.0 Å². The summed E-state index contributed by atoms with van der Waals surface area (Å²) < 4.78 is 42.8. The fourth-order valence-corrected chi connectivity index (χ4v) is 3.33. The number of hydrogen-bond acceptors (Lipinski definition) is 6. The van der Waals surface area contributed by atoms with Gasteiger partial charge < -0.3 is 20.3 Å². The lowest BCUT2D eigenvalue weighted by atomic mass is 10.1. The summed E-state index contributed by atoms with van der Waals surface area (Å²) in [7, 11) is 3.87. The number of nitrogens with zero attached hydrogens (tertiary/aromatic N) is 4. The van der Waals surface area contributed by atoms with Crippen LogP contribution < -0.4 is 15.4 Å². The number of hydrogen-bond donors (Lipinski definition) is 2. The Hall–Kier alpha value is -4.12. The second kappa shape index (κ2) is 10.0. The highest BCUT2D eigenvalue weighted by Crippen LogP contribution is 2.27. The molecule has 0 atom stereocenters. The van der Waals surface area contributed by atoms with Crippen molar-refractivity contribution < 1.29 is 22.7 Å². The second-order valence-electron chi connectivity index (χ2n) is 7.95. The summed E-state index contributed by atoms with van der Waals surface area (Å²) in [5.74, 6) is -0.123. The van der Waals surface area contributed by atoms with E-state index in [4.69, 9.17) is 0 Å². The highest BCUT2D eigenvalue weighted by molar-refractivity contribution is 5.94. The van der Waals surface area contributed by atoms with Gasteiger partial charge in [-0.15, -0.1) is 18.3 Å². The summed E-state index contributed by atoms with van der Waals surface area (Å²) in [5, 5.41) is 10.4. The minimum Gasteiger partial charge on any atom is -0.406 e. The third-order valence-electron chi connectivity index (χ3n) is 4.99. The first-order chi connectivity index (χ1) is 16.7. The Balaban J connectivity index is 1.48. The molecular weight excluding hydrogens is 461 g/mol. The molecule has 2 N–H and O–H groups in total. The van der Waals surface area contributed by atoms with E-state index in [9.17, 15) is 18.0 Å². The Morgan fingerprint density at radius 1 is 1.03 bits per heavy atom. The van der Waals surface area contributed by atoms with Crippen molar-refractivity contribution in [2.45, 2.75) is 6.36 Å². The van der Waals surface area contributed by atoms with Gasteiger partial charge in [-0.3, -0.25) is 4.79 Å². The number of halogens is 3. The van der Waals surface area contributed by atoms with Crippen LogP contribution in [0.5, 0.6) is 5.75 Å². The van der Waals surface area contributed by atoms with Gasteiger partial charge in [-0.2, -0.15) is 4.98 Å². The number of fused-ring (bicyclic) bond motifs is 1. The summed E-state index contributed by atoms with van der Waals surface area (Å²) in [6.07, 6.45) is -4.75. The summed E-state index contributed by atoms with van der Waals surface area (Å²) in [6, 6.07) is 17.8. The minimum absolute atomic E-state index is 0.152. The molecule has 11 heteroatoms. The number of carbonyl (C=O) groups excluding carboxylic acids is 1. The van der Waals surface area contributed by atoms with Crippen LogP contribution in [0.4, 0.5) is 24.8 Å². The Morgan fingerprint density at radius 2 is 1.74 bits per heavy atom. The Kier molecular flexibility index (Phi) is 6.87. The lowest BCUT2D eigenvalue weighted by molar-refractivity contribution is -0.274. The average Bonchev–Trinajstić information content (AvgIpc) is 3.21. The molecule has 0 spiro atoms. The standard InChI is InChI=1S/C24H23F3N6O2/c1-32(2)15-14-28-22(34)17-6-10-18(11-7-17)29-23-30-21-5-3-4-20(33(21)31-23)16-8-12-19(13-9-16)35-24(25,26)27/h3-13H,14-15H2,1-2H3,(H,28,34)(H,29,31). The molecule has 0 aliphatic rings. The summed E-state index contributed by atoms with van der Waals surface area (Å²) in [6.45, 7) is 1.30. The number of nitrogens with one attached hydrogen (secondary N) is 2. The van der Waals surface area contributed by atoms with Crippen molar-refractivity contribution in [3.63, 3.8) is 0 Å². The molecule has 4 rings (SSSR count). The maximum absolute atomic E-state index is 12.4. The van der Waals surface area contributed by atoms with Crippen molar-refractivity contribution >= 4 is 23.2 Å². The van der Waals surface area contributed by atoms with Crippen LogP contribution in [0.25, 0.3) is 16.9 Å². The van der Waals surface area contributed by atoms with Crippen LogP contribution in [0.2, 0.25) is 0 Å². The van der Waals surface area contributed by atoms with Gasteiger partial charge in [-0.1, -0.05) is 6.07 Å². The summed E-state index contributed by atoms with van der Waals surface area (Å²) >= 11 is 0. The molecule has 0 aliphatic carbocycles. The predicted molar refractivity (Wildman–Crippen MR) is 126 cm³/mol. The van der Waals surface area contributed by atoms with E-state index in [2.05, 4.69) is 25.5 Å². The highest BCUT2D eigenvalue weighted by atomic mass is 19.4. The van der Waals surface area contributed by atoms with Gasteiger partial charge in [0.1, 0.15) is 5.75 Å². The average molecular weight is 484 g/mol. The molecular formula is C24H23F3N6O2. The van der Waals surface area contributed by atoms with Crippen LogP contribution in [0.15, 0.2) is 66.7 Å². The Bertz CT molecular complexity index is 1300. The fourth-order valence-electron chi connectivity index (χ4n) is 3.33. The number of benzene rings is 2. The summed E-state index contributed by atoms with van der Waals surface area (Å²) in [4.78, 5) is 18.7. The molecule has 1 amide bonds. The summed E-state index contributed by atoms with van der Waals surface area (Å²) in [5.41, 5.74) is 3.08. The van der Waals surface area contributed by atoms with Gasteiger partial charge in [0, 0.05) is 29.9 Å². The molecule has 0 unspecified atom stereocenters. The van der Waals surface area contributed by atoms with E-state index in [1.165, 1.54) is 24.3 Å². The Morgan fingerprint density at radius 3 is 2.40 bits per heavy atom. The van der Waals surface area contributed by atoms with E-state index in [1.807, 2.05) is 19.0 Å². The molecule has 4 aromatic rings. The molecule has 0 saturated carbocycles. The smallest absolute Gasteiger partial charge is 0.406 e. The van der Waals surface area contributed by atoms with Crippen molar-refractivity contribution in [2.75, 3.05) is 32.5 Å². The first kappa shape index (κ1) is 24.0. The van der Waals surface area contributed by atoms with E-state index < -0.39 is 6.36 Å². The van der Waals surface area contributed by atoms with Gasteiger partial charge in [-0.25, -0.2) is 4.52 Å². The molecule has 8 nitrogen and oxygen atoms in total. The van der Waals surface area contributed by atoms with Crippen molar-refractivity contribution in [1.29, 1.82) is 0 Å². The van der Waals surface area contributed by atoms with Crippen molar-refractivity contribution in [1.82, 2.24) is 24.8 Å². The van der Waals surface area contributed by atoms with Crippen LogP contribution in [-0.4, -0.2) is 59.0 Å². The number of likely N-dealkylation sites (N-methyl/N-ethyl adjacent to an activating group) is 1. The molecule has 2 aromatic carbocycles. The monoisotopic (exact) mass is 484 g/mol. The lowest BCUT2D eigenvalue weighted by Crippen LogP contribution is -2.31. The number of anilines is 2. The molecule has 2 heterocycles.